The van der Waals surface area contributed by atoms with Crippen LogP contribution in [0.5, 0.6) is 0 Å². The highest BCUT2D eigenvalue weighted by Gasteiger charge is 2.25. The second-order valence-corrected chi connectivity index (χ2v) is 6.44. The van der Waals surface area contributed by atoms with E-state index < -0.39 is 11.6 Å². The maximum absolute atomic E-state index is 14.0. The number of fused-ring (bicyclic) bond motifs is 1. The van der Waals surface area contributed by atoms with E-state index in [-0.39, 0.29) is 5.52 Å². The van der Waals surface area contributed by atoms with Gasteiger partial charge in [-0.25, -0.2) is 8.78 Å². The van der Waals surface area contributed by atoms with Crippen molar-refractivity contribution < 1.29 is 8.78 Å². The molecule has 0 N–H and O–H groups in total. The van der Waals surface area contributed by atoms with Crippen LogP contribution in [0.2, 0.25) is 0 Å². The Kier molecular flexibility index (Phi) is 3.67. The predicted octanol–water partition coefficient (Wildman–Crippen LogP) is 3.32. The van der Waals surface area contributed by atoms with Crippen molar-refractivity contribution in [2.45, 2.75) is 12.8 Å². The third kappa shape index (κ3) is 2.72. The van der Waals surface area contributed by atoms with Gasteiger partial charge in [-0.15, -0.1) is 0 Å². The lowest BCUT2D eigenvalue weighted by atomic mass is 10.0. The summed E-state index contributed by atoms with van der Waals surface area (Å²) in [6, 6.07) is 4.09. The molecule has 24 heavy (non-hydrogen) atoms. The van der Waals surface area contributed by atoms with Crippen LogP contribution in [0.4, 0.5) is 14.5 Å². The van der Waals surface area contributed by atoms with Gasteiger partial charge in [0.1, 0.15) is 11.3 Å². The molecule has 3 aromatic rings. The van der Waals surface area contributed by atoms with Crippen molar-refractivity contribution >= 4 is 16.6 Å². The first kappa shape index (κ1) is 15.1. The topological polar surface area (TPSA) is 34.0 Å². The molecule has 0 bridgehead atoms. The number of aromatic nitrogens is 3. The fourth-order valence-electron chi connectivity index (χ4n) is 3.57. The number of pyridine rings is 1. The lowest BCUT2D eigenvalue weighted by Crippen LogP contribution is -2.20. The molecule has 124 valence electrons. The second kappa shape index (κ2) is 5.85. The van der Waals surface area contributed by atoms with Crippen LogP contribution in [0, 0.1) is 17.6 Å². The Hall–Kier alpha value is -2.50. The van der Waals surface area contributed by atoms with Crippen LogP contribution in [-0.4, -0.2) is 27.9 Å². The number of anilines is 1. The maximum atomic E-state index is 14.0. The molecular weight excluding hydrogens is 310 g/mol. The van der Waals surface area contributed by atoms with Crippen molar-refractivity contribution in [2.24, 2.45) is 13.0 Å². The zero-order chi connectivity index (χ0) is 16.7. The molecule has 0 aliphatic carbocycles. The molecule has 1 unspecified atom stereocenters. The first-order valence-electron chi connectivity index (χ1n) is 8.06. The van der Waals surface area contributed by atoms with Crippen LogP contribution in [0.25, 0.3) is 10.9 Å². The van der Waals surface area contributed by atoms with Gasteiger partial charge in [0.25, 0.3) is 0 Å². The van der Waals surface area contributed by atoms with E-state index in [1.165, 1.54) is 11.6 Å². The Morgan fingerprint density at radius 1 is 1.29 bits per heavy atom. The van der Waals surface area contributed by atoms with Gasteiger partial charge in [-0.3, -0.25) is 9.67 Å². The number of rotatable bonds is 3. The first-order chi connectivity index (χ1) is 11.6. The quantitative estimate of drug-likeness (QED) is 0.740. The second-order valence-electron chi connectivity index (χ2n) is 6.44. The van der Waals surface area contributed by atoms with Gasteiger partial charge in [0.15, 0.2) is 5.82 Å². The van der Waals surface area contributed by atoms with Gasteiger partial charge >= 0.3 is 0 Å². The summed E-state index contributed by atoms with van der Waals surface area (Å²) in [6.45, 7) is 1.74. The van der Waals surface area contributed by atoms with Crippen molar-refractivity contribution in [2.75, 3.05) is 18.0 Å². The summed E-state index contributed by atoms with van der Waals surface area (Å²) in [4.78, 5) is 6.26. The standard InChI is InChI=1S/C18H18F2N4/c1-23-10-13(9-22-23)6-12-3-5-24(11-12)17-2-4-21-18-15(17)7-14(19)8-16(18)20/h2,4,7-10,12H,3,5-6,11H2,1H3. The molecule has 1 saturated heterocycles. The van der Waals surface area contributed by atoms with E-state index in [0.29, 0.717) is 11.3 Å². The zero-order valence-corrected chi connectivity index (χ0v) is 13.4. The van der Waals surface area contributed by atoms with E-state index in [0.717, 1.165) is 37.7 Å². The highest BCUT2D eigenvalue weighted by Crippen LogP contribution is 2.32. The van der Waals surface area contributed by atoms with Gasteiger partial charge in [0, 0.05) is 49.7 Å². The monoisotopic (exact) mass is 328 g/mol. The molecule has 1 aliphatic rings. The van der Waals surface area contributed by atoms with Crippen LogP contribution in [0.3, 0.4) is 0 Å². The van der Waals surface area contributed by atoms with E-state index in [1.807, 2.05) is 30.2 Å². The minimum absolute atomic E-state index is 0.226. The summed E-state index contributed by atoms with van der Waals surface area (Å²) >= 11 is 0. The molecule has 0 amide bonds. The molecule has 6 heteroatoms. The van der Waals surface area contributed by atoms with E-state index in [9.17, 15) is 8.78 Å². The normalized spacial score (nSPS) is 17.8. The van der Waals surface area contributed by atoms with Crippen LogP contribution in [0.15, 0.2) is 36.8 Å². The highest BCUT2D eigenvalue weighted by atomic mass is 19.1. The number of nitrogens with zero attached hydrogens (tertiary/aromatic N) is 4. The van der Waals surface area contributed by atoms with Gasteiger partial charge in [-0.05, 0) is 36.5 Å². The Labute approximate surface area is 138 Å². The molecule has 1 aromatic carbocycles. The lowest BCUT2D eigenvalue weighted by Gasteiger charge is -2.20. The van der Waals surface area contributed by atoms with Gasteiger partial charge in [0.05, 0.1) is 6.20 Å². The molecule has 0 spiro atoms. The minimum atomic E-state index is -0.613. The van der Waals surface area contributed by atoms with Crippen LogP contribution < -0.4 is 4.90 Å². The Morgan fingerprint density at radius 2 is 2.17 bits per heavy atom. The SMILES string of the molecule is Cn1cc(CC2CCN(c3ccnc4c(F)cc(F)cc34)C2)cn1. The van der Waals surface area contributed by atoms with Gasteiger partial charge in [-0.1, -0.05) is 0 Å². The fraction of sp³-hybridized carbons (Fsp3) is 0.333. The molecule has 1 atom stereocenters. The van der Waals surface area contributed by atoms with E-state index in [4.69, 9.17) is 0 Å². The smallest absolute Gasteiger partial charge is 0.152 e. The summed E-state index contributed by atoms with van der Waals surface area (Å²) in [5, 5.41) is 4.75. The third-order valence-electron chi connectivity index (χ3n) is 4.65. The van der Waals surface area contributed by atoms with Crippen LogP contribution in [-0.2, 0) is 13.5 Å². The van der Waals surface area contributed by atoms with Crippen LogP contribution >= 0.6 is 0 Å². The highest BCUT2D eigenvalue weighted by molar-refractivity contribution is 5.92. The molecular formula is C18H18F2N4. The maximum Gasteiger partial charge on any atom is 0.152 e. The van der Waals surface area contributed by atoms with Crippen molar-refractivity contribution in [3.8, 4) is 0 Å². The minimum Gasteiger partial charge on any atom is -0.371 e. The lowest BCUT2D eigenvalue weighted by molar-refractivity contribution is 0.586. The first-order valence-corrected chi connectivity index (χ1v) is 8.06. The summed E-state index contributed by atoms with van der Waals surface area (Å²) in [5.74, 6) is -0.672. The molecule has 2 aromatic heterocycles. The van der Waals surface area contributed by atoms with E-state index in [2.05, 4.69) is 15.0 Å². The van der Waals surface area contributed by atoms with Gasteiger partial charge < -0.3 is 4.90 Å². The summed E-state index contributed by atoms with van der Waals surface area (Å²) in [7, 11) is 1.91. The van der Waals surface area contributed by atoms with Crippen molar-refractivity contribution in [3.63, 3.8) is 0 Å². The zero-order valence-electron chi connectivity index (χ0n) is 13.4. The Bertz CT molecular complexity index is 890. The largest absolute Gasteiger partial charge is 0.371 e. The van der Waals surface area contributed by atoms with Gasteiger partial charge in [0.2, 0.25) is 0 Å². The number of hydrogen-bond acceptors (Lipinski definition) is 3. The molecule has 4 rings (SSSR count). The van der Waals surface area contributed by atoms with Crippen molar-refractivity contribution in [1.29, 1.82) is 0 Å². The molecule has 0 radical (unpaired) electrons. The number of aryl methyl sites for hydroxylation is 1. The fourth-order valence-corrected chi connectivity index (χ4v) is 3.57. The number of hydrogen-bond donors (Lipinski definition) is 0. The Balaban J connectivity index is 1.60. The average Bonchev–Trinajstić information content (AvgIpc) is 3.16. The van der Waals surface area contributed by atoms with Gasteiger partial charge in [-0.2, -0.15) is 5.10 Å². The molecule has 1 fully saturated rings. The molecule has 4 nitrogen and oxygen atoms in total. The number of halogens is 2. The average molecular weight is 328 g/mol. The number of benzene rings is 1. The van der Waals surface area contributed by atoms with Crippen molar-refractivity contribution in [1.82, 2.24) is 14.8 Å². The van der Waals surface area contributed by atoms with E-state index >= 15 is 0 Å². The van der Waals surface area contributed by atoms with E-state index in [1.54, 1.807) is 6.20 Å². The molecule has 1 aliphatic heterocycles. The summed E-state index contributed by atoms with van der Waals surface area (Å²) in [5.41, 5.74) is 2.30. The Morgan fingerprint density at radius 3 is 2.96 bits per heavy atom. The molecule has 3 heterocycles. The summed E-state index contributed by atoms with van der Waals surface area (Å²) in [6.07, 6.45) is 7.55. The third-order valence-corrected chi connectivity index (χ3v) is 4.65. The van der Waals surface area contributed by atoms with Crippen molar-refractivity contribution in [3.05, 3.63) is 54.0 Å². The van der Waals surface area contributed by atoms with Crippen LogP contribution in [0.1, 0.15) is 12.0 Å². The predicted molar refractivity (Wildman–Crippen MR) is 88.9 cm³/mol. The molecule has 0 saturated carbocycles. The summed E-state index contributed by atoms with van der Waals surface area (Å²) < 4.78 is 29.4.